The third-order valence-electron chi connectivity index (χ3n) is 2.74. The standard InChI is InChI=1S/C13H21ClN2O3S/c1-15(2)9-10-16(3)20(17,18)13-6-4-12(5-7-13)19-11-8-14/h4-7H,8-11H2,1-3H3. The number of alkyl halides is 1. The molecule has 0 saturated heterocycles. The van der Waals surface area contributed by atoms with Gasteiger partial charge in [0.15, 0.2) is 0 Å². The Morgan fingerprint density at radius 1 is 1.10 bits per heavy atom. The molecule has 0 aliphatic heterocycles. The summed E-state index contributed by atoms with van der Waals surface area (Å²) in [5.41, 5.74) is 0. The normalized spacial score (nSPS) is 12.1. The van der Waals surface area contributed by atoms with Gasteiger partial charge < -0.3 is 9.64 Å². The Balaban J connectivity index is 2.76. The summed E-state index contributed by atoms with van der Waals surface area (Å²) in [6.07, 6.45) is 0. The van der Waals surface area contributed by atoms with Crippen LogP contribution in [-0.4, -0.2) is 64.3 Å². The fraction of sp³-hybridized carbons (Fsp3) is 0.538. The van der Waals surface area contributed by atoms with Crippen molar-refractivity contribution in [2.75, 3.05) is 46.7 Å². The fourth-order valence-electron chi connectivity index (χ4n) is 1.51. The van der Waals surface area contributed by atoms with Gasteiger partial charge in [-0.15, -0.1) is 11.6 Å². The summed E-state index contributed by atoms with van der Waals surface area (Å²) < 4.78 is 31.3. The predicted molar refractivity (Wildman–Crippen MR) is 81.0 cm³/mol. The van der Waals surface area contributed by atoms with Gasteiger partial charge in [0.1, 0.15) is 12.4 Å². The van der Waals surface area contributed by atoms with Crippen LogP contribution in [0.15, 0.2) is 29.2 Å². The average Bonchev–Trinajstić information content (AvgIpc) is 2.42. The van der Waals surface area contributed by atoms with E-state index in [0.717, 1.165) is 0 Å². The second-order valence-corrected chi connectivity index (χ2v) is 7.06. The summed E-state index contributed by atoms with van der Waals surface area (Å²) in [7, 11) is 1.95. The molecule has 0 atom stereocenters. The minimum absolute atomic E-state index is 0.261. The van der Waals surface area contributed by atoms with E-state index in [1.165, 1.54) is 4.31 Å². The van der Waals surface area contributed by atoms with Crippen LogP contribution in [0, 0.1) is 0 Å². The highest BCUT2D eigenvalue weighted by Crippen LogP contribution is 2.18. The summed E-state index contributed by atoms with van der Waals surface area (Å²) in [4.78, 5) is 2.20. The fourth-order valence-corrected chi connectivity index (χ4v) is 2.74. The van der Waals surface area contributed by atoms with Crippen LogP contribution in [0.5, 0.6) is 5.75 Å². The van der Waals surface area contributed by atoms with E-state index in [1.807, 2.05) is 19.0 Å². The monoisotopic (exact) mass is 320 g/mol. The number of sulfonamides is 1. The highest BCUT2D eigenvalue weighted by atomic mass is 35.5. The van der Waals surface area contributed by atoms with Gasteiger partial charge in [0.05, 0.1) is 10.8 Å². The Hall–Kier alpha value is -0.820. The molecule has 0 unspecified atom stereocenters. The Kier molecular flexibility index (Phi) is 6.75. The molecule has 0 radical (unpaired) electrons. The molecule has 20 heavy (non-hydrogen) atoms. The van der Waals surface area contributed by atoms with E-state index in [2.05, 4.69) is 0 Å². The van der Waals surface area contributed by atoms with Crippen molar-refractivity contribution in [2.45, 2.75) is 4.90 Å². The lowest BCUT2D eigenvalue weighted by Crippen LogP contribution is -2.33. The molecule has 0 aliphatic rings. The van der Waals surface area contributed by atoms with E-state index in [0.29, 0.717) is 31.3 Å². The molecular formula is C13H21ClN2O3S. The van der Waals surface area contributed by atoms with Gasteiger partial charge in [-0.1, -0.05) is 0 Å². The lowest BCUT2D eigenvalue weighted by molar-refractivity contribution is 0.342. The van der Waals surface area contributed by atoms with Gasteiger partial charge in [0, 0.05) is 20.1 Å². The number of hydrogen-bond acceptors (Lipinski definition) is 4. The molecule has 0 bridgehead atoms. The Morgan fingerprint density at radius 2 is 1.70 bits per heavy atom. The van der Waals surface area contributed by atoms with Gasteiger partial charge in [0.25, 0.3) is 0 Å². The molecule has 1 aromatic rings. The molecule has 0 heterocycles. The molecule has 0 aliphatic carbocycles. The Morgan fingerprint density at radius 3 is 2.20 bits per heavy atom. The van der Waals surface area contributed by atoms with Gasteiger partial charge >= 0.3 is 0 Å². The smallest absolute Gasteiger partial charge is 0.242 e. The van der Waals surface area contributed by atoms with Crippen LogP contribution in [0.2, 0.25) is 0 Å². The average molecular weight is 321 g/mol. The molecule has 0 N–H and O–H groups in total. The van der Waals surface area contributed by atoms with Gasteiger partial charge in [0.2, 0.25) is 10.0 Å². The van der Waals surface area contributed by atoms with E-state index < -0.39 is 10.0 Å². The van der Waals surface area contributed by atoms with Crippen molar-refractivity contribution >= 4 is 21.6 Å². The van der Waals surface area contributed by atoms with Crippen molar-refractivity contribution in [3.8, 4) is 5.75 Å². The molecule has 0 fully saturated rings. The van der Waals surface area contributed by atoms with Crippen molar-refractivity contribution in [1.82, 2.24) is 9.21 Å². The summed E-state index contributed by atoms with van der Waals surface area (Å²) in [6.45, 7) is 1.52. The first kappa shape index (κ1) is 17.2. The zero-order valence-electron chi connectivity index (χ0n) is 12.0. The van der Waals surface area contributed by atoms with E-state index in [9.17, 15) is 8.42 Å². The number of rotatable bonds is 8. The van der Waals surface area contributed by atoms with Gasteiger partial charge in [-0.05, 0) is 38.4 Å². The Bertz CT molecular complexity index is 503. The van der Waals surface area contributed by atoms with E-state index in [4.69, 9.17) is 16.3 Å². The molecule has 1 rings (SSSR count). The summed E-state index contributed by atoms with van der Waals surface area (Å²) >= 11 is 5.53. The SMILES string of the molecule is CN(C)CCN(C)S(=O)(=O)c1ccc(OCCCl)cc1. The Labute approximate surface area is 126 Å². The first-order chi connectivity index (χ1) is 9.37. The number of nitrogens with zero attached hydrogens (tertiary/aromatic N) is 2. The maximum absolute atomic E-state index is 12.3. The third kappa shape index (κ3) is 4.94. The first-order valence-electron chi connectivity index (χ1n) is 6.28. The van der Waals surface area contributed by atoms with Gasteiger partial charge in [-0.25, -0.2) is 8.42 Å². The van der Waals surface area contributed by atoms with Crippen molar-refractivity contribution < 1.29 is 13.2 Å². The van der Waals surface area contributed by atoms with Crippen molar-refractivity contribution in [3.05, 3.63) is 24.3 Å². The molecule has 1 aromatic carbocycles. The zero-order chi connectivity index (χ0) is 15.2. The quantitative estimate of drug-likeness (QED) is 0.681. The maximum Gasteiger partial charge on any atom is 0.242 e. The number of benzene rings is 1. The number of likely N-dealkylation sites (N-methyl/N-ethyl adjacent to an activating group) is 2. The first-order valence-corrected chi connectivity index (χ1v) is 8.25. The molecule has 0 amide bonds. The van der Waals surface area contributed by atoms with E-state index in [1.54, 1.807) is 31.3 Å². The lowest BCUT2D eigenvalue weighted by atomic mass is 10.3. The number of hydrogen-bond donors (Lipinski definition) is 0. The second-order valence-electron chi connectivity index (χ2n) is 4.64. The molecular weight excluding hydrogens is 300 g/mol. The van der Waals surface area contributed by atoms with Crippen LogP contribution in [0.1, 0.15) is 0 Å². The summed E-state index contributed by atoms with van der Waals surface area (Å²) in [5, 5.41) is 0. The molecule has 0 saturated carbocycles. The predicted octanol–water partition coefficient (Wildman–Crippen LogP) is 1.49. The molecule has 0 spiro atoms. The maximum atomic E-state index is 12.3. The number of ether oxygens (including phenoxy) is 1. The van der Waals surface area contributed by atoms with Crippen molar-refractivity contribution in [3.63, 3.8) is 0 Å². The minimum Gasteiger partial charge on any atom is -0.492 e. The summed E-state index contributed by atoms with van der Waals surface area (Å²) in [6, 6.07) is 6.37. The highest BCUT2D eigenvalue weighted by molar-refractivity contribution is 7.89. The zero-order valence-corrected chi connectivity index (χ0v) is 13.6. The molecule has 0 aromatic heterocycles. The summed E-state index contributed by atoms with van der Waals surface area (Å²) in [5.74, 6) is 1.01. The van der Waals surface area contributed by atoms with Crippen molar-refractivity contribution in [2.24, 2.45) is 0 Å². The molecule has 5 nitrogen and oxygen atoms in total. The molecule has 114 valence electrons. The van der Waals surface area contributed by atoms with Crippen LogP contribution >= 0.6 is 11.6 Å². The van der Waals surface area contributed by atoms with Crippen LogP contribution < -0.4 is 4.74 Å². The van der Waals surface area contributed by atoms with E-state index >= 15 is 0 Å². The number of halogens is 1. The third-order valence-corrected chi connectivity index (χ3v) is 4.77. The van der Waals surface area contributed by atoms with Gasteiger partial charge in [-0.3, -0.25) is 0 Å². The lowest BCUT2D eigenvalue weighted by Gasteiger charge is -2.19. The molecule has 7 heteroatoms. The second kappa shape index (κ2) is 7.83. The van der Waals surface area contributed by atoms with Crippen LogP contribution in [0.25, 0.3) is 0 Å². The van der Waals surface area contributed by atoms with Crippen molar-refractivity contribution in [1.29, 1.82) is 0 Å². The van der Waals surface area contributed by atoms with Gasteiger partial charge in [-0.2, -0.15) is 4.31 Å². The van der Waals surface area contributed by atoms with Crippen LogP contribution in [-0.2, 0) is 10.0 Å². The highest BCUT2D eigenvalue weighted by Gasteiger charge is 2.20. The van der Waals surface area contributed by atoms with Crippen LogP contribution in [0.3, 0.4) is 0 Å². The van der Waals surface area contributed by atoms with Crippen LogP contribution in [0.4, 0.5) is 0 Å². The largest absolute Gasteiger partial charge is 0.492 e. The topological polar surface area (TPSA) is 49.9 Å². The minimum atomic E-state index is -3.45. The van der Waals surface area contributed by atoms with E-state index in [-0.39, 0.29) is 4.90 Å².